The van der Waals surface area contributed by atoms with Crippen LogP contribution in [0.2, 0.25) is 0 Å². The quantitative estimate of drug-likeness (QED) is 0.276. The van der Waals surface area contributed by atoms with Gasteiger partial charge >= 0.3 is 0 Å². The van der Waals surface area contributed by atoms with Gasteiger partial charge < -0.3 is 25.3 Å². The van der Waals surface area contributed by atoms with Crippen LogP contribution in [0.4, 0.5) is 0 Å². The molecule has 9 nitrogen and oxygen atoms in total. The van der Waals surface area contributed by atoms with Gasteiger partial charge in [-0.15, -0.1) is 34.2 Å². The maximum absolute atomic E-state index is 12.3. The third-order valence-electron chi connectivity index (χ3n) is 4.82. The van der Waals surface area contributed by atoms with Crippen LogP contribution in [-0.2, 0) is 17.8 Å². The van der Waals surface area contributed by atoms with Gasteiger partial charge in [-0.1, -0.05) is 25.1 Å². The van der Waals surface area contributed by atoms with Gasteiger partial charge in [0.05, 0.1) is 12.6 Å². The molecule has 1 aliphatic rings. The maximum Gasteiger partial charge on any atom is 0.242 e. The molecular formula is C22H34IN7O2. The highest BCUT2D eigenvalue weighted by Crippen LogP contribution is 2.31. The van der Waals surface area contributed by atoms with E-state index in [-0.39, 0.29) is 48.0 Å². The molecule has 0 aliphatic carbocycles. The first-order valence-electron chi connectivity index (χ1n) is 10.8. The summed E-state index contributed by atoms with van der Waals surface area (Å²) >= 11 is 0. The van der Waals surface area contributed by atoms with E-state index in [0.717, 1.165) is 30.0 Å². The number of halogens is 1. The molecule has 2 aromatic rings. The molecule has 0 spiro atoms. The fourth-order valence-corrected chi connectivity index (χ4v) is 3.45. The van der Waals surface area contributed by atoms with Crippen LogP contribution < -0.4 is 20.7 Å². The highest BCUT2D eigenvalue weighted by Gasteiger charge is 2.22. The number of hydrogen-bond acceptors (Lipinski definition) is 5. The first-order chi connectivity index (χ1) is 14.9. The van der Waals surface area contributed by atoms with Crippen molar-refractivity contribution in [1.29, 1.82) is 0 Å². The molecule has 10 heteroatoms. The summed E-state index contributed by atoms with van der Waals surface area (Å²) in [6, 6.07) is 8.06. The molecule has 3 rings (SSSR count). The second kappa shape index (κ2) is 12.0. The molecule has 0 radical (unpaired) electrons. The molecule has 176 valence electrons. The minimum absolute atomic E-state index is 0. The van der Waals surface area contributed by atoms with Crippen LogP contribution in [-0.4, -0.2) is 51.9 Å². The van der Waals surface area contributed by atoms with Crippen LogP contribution in [0.25, 0.3) is 0 Å². The van der Waals surface area contributed by atoms with E-state index in [1.54, 1.807) is 6.33 Å². The number of nitrogens with zero attached hydrogens (tertiary/aromatic N) is 4. The van der Waals surface area contributed by atoms with E-state index in [1.165, 1.54) is 0 Å². The minimum Gasteiger partial charge on any atom is -0.493 e. The number of aliphatic imine (C=N–C) groups is 1. The monoisotopic (exact) mass is 555 g/mol. The van der Waals surface area contributed by atoms with Gasteiger partial charge in [-0.2, -0.15) is 0 Å². The van der Waals surface area contributed by atoms with Crippen molar-refractivity contribution in [3.63, 3.8) is 0 Å². The van der Waals surface area contributed by atoms with Crippen molar-refractivity contribution in [3.8, 4) is 5.75 Å². The predicted octanol–water partition coefficient (Wildman–Crippen LogP) is 2.43. The number of rotatable bonds is 7. The van der Waals surface area contributed by atoms with E-state index in [2.05, 4.69) is 44.1 Å². The highest BCUT2D eigenvalue weighted by molar-refractivity contribution is 14.0. The number of carbonyl (C=O) groups is 1. The van der Waals surface area contributed by atoms with Crippen molar-refractivity contribution in [2.45, 2.75) is 58.7 Å². The van der Waals surface area contributed by atoms with Gasteiger partial charge in [-0.3, -0.25) is 4.79 Å². The third kappa shape index (κ3) is 7.64. The van der Waals surface area contributed by atoms with Crippen LogP contribution in [0.5, 0.6) is 5.75 Å². The van der Waals surface area contributed by atoms with Gasteiger partial charge in [0.2, 0.25) is 5.91 Å². The Hall–Kier alpha value is -2.37. The van der Waals surface area contributed by atoms with E-state index in [0.29, 0.717) is 25.7 Å². The zero-order valence-corrected chi connectivity index (χ0v) is 21.6. The fraction of sp³-hybridized carbons (Fsp3) is 0.545. The number of hydrogen-bond donors (Lipinski definition) is 3. The molecule has 0 bridgehead atoms. The maximum atomic E-state index is 12.3. The van der Waals surface area contributed by atoms with Crippen molar-refractivity contribution in [2.75, 3.05) is 19.7 Å². The molecule has 1 aliphatic heterocycles. The van der Waals surface area contributed by atoms with Gasteiger partial charge in [0.15, 0.2) is 5.96 Å². The molecule has 32 heavy (non-hydrogen) atoms. The van der Waals surface area contributed by atoms with Crippen LogP contribution >= 0.6 is 24.0 Å². The number of aryl methyl sites for hydroxylation is 1. The SMILES string of the molecule is CCc1nncn1CCNC(=NCC(=O)NC(C)(C)C)NC1CCOc2ccccc21.I. The molecule has 0 saturated carbocycles. The lowest BCUT2D eigenvalue weighted by Crippen LogP contribution is -2.44. The Morgan fingerprint density at radius 3 is 2.84 bits per heavy atom. The van der Waals surface area contributed by atoms with Gasteiger partial charge in [0, 0.05) is 37.0 Å². The van der Waals surface area contributed by atoms with E-state index in [9.17, 15) is 4.79 Å². The van der Waals surface area contributed by atoms with Gasteiger partial charge in [-0.05, 0) is 26.8 Å². The zero-order valence-electron chi connectivity index (χ0n) is 19.2. The normalized spacial score (nSPS) is 15.8. The predicted molar refractivity (Wildman–Crippen MR) is 135 cm³/mol. The summed E-state index contributed by atoms with van der Waals surface area (Å²) < 4.78 is 7.78. The van der Waals surface area contributed by atoms with Crippen LogP contribution in [0, 0.1) is 0 Å². The fourth-order valence-electron chi connectivity index (χ4n) is 3.45. The van der Waals surface area contributed by atoms with Crippen molar-refractivity contribution in [3.05, 3.63) is 42.0 Å². The van der Waals surface area contributed by atoms with Crippen LogP contribution in [0.15, 0.2) is 35.6 Å². The average Bonchev–Trinajstić information content (AvgIpc) is 3.18. The van der Waals surface area contributed by atoms with Gasteiger partial charge in [-0.25, -0.2) is 4.99 Å². The summed E-state index contributed by atoms with van der Waals surface area (Å²) in [6.07, 6.45) is 3.37. The van der Waals surface area contributed by atoms with Crippen molar-refractivity contribution >= 4 is 35.8 Å². The minimum atomic E-state index is -0.293. The molecule has 1 atom stereocenters. The molecule has 1 amide bonds. The van der Waals surface area contributed by atoms with Gasteiger partial charge in [0.25, 0.3) is 0 Å². The second-order valence-corrected chi connectivity index (χ2v) is 8.56. The molecular weight excluding hydrogens is 521 g/mol. The number of benzene rings is 1. The number of guanidine groups is 1. The third-order valence-corrected chi connectivity index (χ3v) is 4.82. The Morgan fingerprint density at radius 1 is 1.31 bits per heavy atom. The summed E-state index contributed by atoms with van der Waals surface area (Å²) in [5.41, 5.74) is 0.799. The lowest BCUT2D eigenvalue weighted by molar-refractivity contribution is -0.121. The van der Waals surface area contributed by atoms with E-state index < -0.39 is 0 Å². The number of aromatic nitrogens is 3. The lowest BCUT2D eigenvalue weighted by Gasteiger charge is -2.28. The molecule has 1 unspecified atom stereocenters. The van der Waals surface area contributed by atoms with Crippen LogP contribution in [0.3, 0.4) is 0 Å². The second-order valence-electron chi connectivity index (χ2n) is 8.56. The van der Waals surface area contributed by atoms with Crippen molar-refractivity contribution in [1.82, 2.24) is 30.7 Å². The Balaban J connectivity index is 0.00000363. The van der Waals surface area contributed by atoms with Crippen molar-refractivity contribution < 1.29 is 9.53 Å². The highest BCUT2D eigenvalue weighted by atomic mass is 127. The Bertz CT molecular complexity index is 908. The molecule has 1 aromatic carbocycles. The first kappa shape index (κ1) is 25.9. The molecule has 1 aromatic heterocycles. The molecule has 2 heterocycles. The summed E-state index contributed by atoms with van der Waals surface area (Å²) in [5.74, 6) is 2.30. The number of nitrogens with one attached hydrogen (secondary N) is 3. The summed E-state index contributed by atoms with van der Waals surface area (Å²) in [6.45, 7) is 9.93. The molecule has 0 fully saturated rings. The lowest BCUT2D eigenvalue weighted by atomic mass is 10.0. The topological polar surface area (TPSA) is 105 Å². The standard InChI is InChI=1S/C22H33N7O2.HI/c1-5-19-28-25-15-29(19)12-11-23-21(24-14-20(30)27-22(2,3)4)26-17-10-13-31-18-9-7-6-8-16(17)18;/h6-9,15,17H,5,10-14H2,1-4H3,(H,27,30)(H2,23,24,26);1H. The van der Waals surface area contributed by atoms with E-state index >= 15 is 0 Å². The number of para-hydroxylation sites is 1. The van der Waals surface area contributed by atoms with E-state index in [1.807, 2.05) is 43.5 Å². The average molecular weight is 555 g/mol. The Morgan fingerprint density at radius 2 is 2.09 bits per heavy atom. The summed E-state index contributed by atoms with van der Waals surface area (Å²) in [5, 5.41) is 17.9. The number of carbonyl (C=O) groups excluding carboxylic acids is 1. The number of amides is 1. The van der Waals surface area contributed by atoms with Crippen LogP contribution in [0.1, 0.15) is 51.5 Å². The summed E-state index contributed by atoms with van der Waals surface area (Å²) in [4.78, 5) is 16.8. The first-order valence-corrected chi connectivity index (χ1v) is 10.8. The van der Waals surface area contributed by atoms with E-state index in [4.69, 9.17) is 4.74 Å². The number of ether oxygens (including phenoxy) is 1. The molecule has 3 N–H and O–H groups in total. The number of fused-ring (bicyclic) bond motifs is 1. The van der Waals surface area contributed by atoms with Gasteiger partial charge in [0.1, 0.15) is 24.4 Å². The summed E-state index contributed by atoms with van der Waals surface area (Å²) in [7, 11) is 0. The molecule has 0 saturated heterocycles. The smallest absolute Gasteiger partial charge is 0.242 e. The largest absolute Gasteiger partial charge is 0.493 e. The van der Waals surface area contributed by atoms with Crippen molar-refractivity contribution in [2.24, 2.45) is 4.99 Å². The Kier molecular flexibility index (Phi) is 9.73. The zero-order chi connectivity index (χ0) is 22.3. The Labute approximate surface area is 206 Å².